The molecule has 2 amide bonds. The fourth-order valence-electron chi connectivity index (χ4n) is 1.40. The van der Waals surface area contributed by atoms with Crippen molar-refractivity contribution >= 4 is 23.4 Å². The lowest BCUT2D eigenvalue weighted by molar-refractivity contribution is -0.121. The highest BCUT2D eigenvalue weighted by molar-refractivity contribution is 6.17. The zero-order valence-electron chi connectivity index (χ0n) is 10.4. The summed E-state index contributed by atoms with van der Waals surface area (Å²) in [5.74, 6) is -0.316. The Bertz CT molecular complexity index is 423. The standard InChI is InChI=1S/C13H16ClFN2O2/c14-7-1-2-12(18)16-8-9-17-13(19)10-3-5-11(15)6-4-10/h3-6H,1-2,7-9H2,(H,16,18)(H,17,19). The van der Waals surface area contributed by atoms with E-state index >= 15 is 0 Å². The predicted octanol–water partition coefficient (Wildman–Crippen LogP) is 1.69. The van der Waals surface area contributed by atoms with Crippen LogP contribution in [0, 0.1) is 5.82 Å². The minimum Gasteiger partial charge on any atom is -0.354 e. The molecule has 2 N–H and O–H groups in total. The zero-order chi connectivity index (χ0) is 14.1. The van der Waals surface area contributed by atoms with Crippen LogP contribution in [0.2, 0.25) is 0 Å². The number of amides is 2. The summed E-state index contributed by atoms with van der Waals surface area (Å²) in [7, 11) is 0. The summed E-state index contributed by atoms with van der Waals surface area (Å²) in [4.78, 5) is 22.8. The first-order valence-corrected chi connectivity index (χ1v) is 6.53. The van der Waals surface area contributed by atoms with Crippen molar-refractivity contribution < 1.29 is 14.0 Å². The van der Waals surface area contributed by atoms with Gasteiger partial charge in [0.05, 0.1) is 0 Å². The Morgan fingerprint density at radius 2 is 1.74 bits per heavy atom. The Labute approximate surface area is 116 Å². The summed E-state index contributed by atoms with van der Waals surface area (Å²) in [5, 5.41) is 5.29. The number of alkyl halides is 1. The average Bonchev–Trinajstić information content (AvgIpc) is 2.41. The van der Waals surface area contributed by atoms with E-state index in [9.17, 15) is 14.0 Å². The summed E-state index contributed by atoms with van der Waals surface area (Å²) < 4.78 is 12.7. The summed E-state index contributed by atoms with van der Waals surface area (Å²) in [6.45, 7) is 0.677. The fraction of sp³-hybridized carbons (Fsp3) is 0.385. The van der Waals surface area contributed by atoms with Crippen molar-refractivity contribution in [2.24, 2.45) is 0 Å². The van der Waals surface area contributed by atoms with Crippen molar-refractivity contribution in [2.75, 3.05) is 19.0 Å². The minimum absolute atomic E-state index is 0.0864. The smallest absolute Gasteiger partial charge is 0.251 e. The zero-order valence-corrected chi connectivity index (χ0v) is 11.2. The highest BCUT2D eigenvalue weighted by Crippen LogP contribution is 2.01. The van der Waals surface area contributed by atoms with E-state index in [2.05, 4.69) is 10.6 Å². The SMILES string of the molecule is O=C(CCCCl)NCCNC(=O)c1ccc(F)cc1. The minimum atomic E-state index is -0.386. The molecule has 1 rings (SSSR count). The van der Waals surface area contributed by atoms with Gasteiger partial charge >= 0.3 is 0 Å². The highest BCUT2D eigenvalue weighted by atomic mass is 35.5. The van der Waals surface area contributed by atoms with Crippen LogP contribution in [0.3, 0.4) is 0 Å². The Kier molecular flexibility index (Phi) is 6.89. The Hall–Kier alpha value is -1.62. The van der Waals surface area contributed by atoms with Gasteiger partial charge in [-0.1, -0.05) is 0 Å². The number of hydrogen-bond acceptors (Lipinski definition) is 2. The van der Waals surface area contributed by atoms with Crippen LogP contribution in [0.1, 0.15) is 23.2 Å². The van der Waals surface area contributed by atoms with Crippen LogP contribution in [0.15, 0.2) is 24.3 Å². The van der Waals surface area contributed by atoms with Crippen LogP contribution < -0.4 is 10.6 Å². The maximum absolute atomic E-state index is 12.7. The van der Waals surface area contributed by atoms with Gasteiger partial charge in [-0.15, -0.1) is 11.6 Å². The van der Waals surface area contributed by atoms with E-state index in [-0.39, 0.29) is 17.6 Å². The lowest BCUT2D eigenvalue weighted by Gasteiger charge is -2.06. The van der Waals surface area contributed by atoms with E-state index in [0.29, 0.717) is 37.4 Å². The molecule has 0 saturated carbocycles. The maximum atomic E-state index is 12.7. The van der Waals surface area contributed by atoms with Gasteiger partial charge in [0, 0.05) is 31.0 Å². The molecule has 4 nitrogen and oxygen atoms in total. The first-order valence-electron chi connectivity index (χ1n) is 6.00. The molecule has 19 heavy (non-hydrogen) atoms. The van der Waals surface area contributed by atoms with Crippen LogP contribution in [0.4, 0.5) is 4.39 Å². The van der Waals surface area contributed by atoms with Gasteiger partial charge in [-0.3, -0.25) is 9.59 Å². The second kappa shape index (κ2) is 8.48. The molecule has 0 saturated heterocycles. The van der Waals surface area contributed by atoms with Crippen molar-refractivity contribution in [3.05, 3.63) is 35.6 Å². The Balaban J connectivity index is 2.20. The van der Waals surface area contributed by atoms with Crippen molar-refractivity contribution in [3.63, 3.8) is 0 Å². The van der Waals surface area contributed by atoms with Gasteiger partial charge in [0.25, 0.3) is 5.91 Å². The summed E-state index contributed by atoms with van der Waals surface area (Å²) in [6, 6.07) is 5.26. The van der Waals surface area contributed by atoms with E-state index in [1.54, 1.807) is 0 Å². The molecule has 0 aliphatic heterocycles. The monoisotopic (exact) mass is 286 g/mol. The topological polar surface area (TPSA) is 58.2 Å². The molecule has 0 fully saturated rings. The van der Waals surface area contributed by atoms with Gasteiger partial charge in [-0.2, -0.15) is 0 Å². The third-order valence-electron chi connectivity index (χ3n) is 2.38. The number of benzene rings is 1. The molecule has 0 spiro atoms. The molecule has 0 unspecified atom stereocenters. The molecule has 104 valence electrons. The second-order valence-electron chi connectivity index (χ2n) is 3.91. The number of hydrogen-bond donors (Lipinski definition) is 2. The normalized spacial score (nSPS) is 10.0. The number of carbonyl (C=O) groups excluding carboxylic acids is 2. The lowest BCUT2D eigenvalue weighted by Crippen LogP contribution is -2.34. The fourth-order valence-corrected chi connectivity index (χ4v) is 1.53. The summed E-state index contributed by atoms with van der Waals surface area (Å²) >= 11 is 5.46. The Morgan fingerprint density at radius 3 is 2.37 bits per heavy atom. The number of nitrogens with one attached hydrogen (secondary N) is 2. The number of carbonyl (C=O) groups is 2. The third kappa shape index (κ3) is 6.20. The van der Waals surface area contributed by atoms with Gasteiger partial charge in [0.15, 0.2) is 0 Å². The highest BCUT2D eigenvalue weighted by Gasteiger charge is 2.05. The van der Waals surface area contributed by atoms with Gasteiger partial charge in [-0.05, 0) is 30.7 Å². The molecule has 0 heterocycles. The lowest BCUT2D eigenvalue weighted by atomic mass is 10.2. The molecule has 0 aromatic heterocycles. The molecule has 6 heteroatoms. The molecule has 0 atom stereocenters. The van der Waals surface area contributed by atoms with Crippen molar-refractivity contribution in [3.8, 4) is 0 Å². The van der Waals surface area contributed by atoms with Crippen LogP contribution in [-0.2, 0) is 4.79 Å². The van der Waals surface area contributed by atoms with Gasteiger partial charge < -0.3 is 10.6 Å². The van der Waals surface area contributed by atoms with Gasteiger partial charge in [-0.25, -0.2) is 4.39 Å². The molecule has 0 bridgehead atoms. The number of halogens is 2. The quantitative estimate of drug-likeness (QED) is 0.592. The van der Waals surface area contributed by atoms with Gasteiger partial charge in [0.1, 0.15) is 5.82 Å². The Morgan fingerprint density at radius 1 is 1.11 bits per heavy atom. The first-order chi connectivity index (χ1) is 9.13. The molecular weight excluding hydrogens is 271 g/mol. The van der Waals surface area contributed by atoms with E-state index in [1.165, 1.54) is 24.3 Å². The number of rotatable bonds is 7. The van der Waals surface area contributed by atoms with Crippen molar-refractivity contribution in [1.29, 1.82) is 0 Å². The molecule has 0 aliphatic rings. The molecule has 1 aromatic rings. The van der Waals surface area contributed by atoms with Crippen LogP contribution in [0.25, 0.3) is 0 Å². The van der Waals surface area contributed by atoms with Crippen molar-refractivity contribution in [1.82, 2.24) is 10.6 Å². The van der Waals surface area contributed by atoms with E-state index in [0.717, 1.165) is 0 Å². The third-order valence-corrected chi connectivity index (χ3v) is 2.64. The first kappa shape index (κ1) is 15.4. The molecule has 0 aliphatic carbocycles. The summed E-state index contributed by atoms with van der Waals surface area (Å²) in [5.41, 5.74) is 0.384. The predicted molar refractivity (Wildman–Crippen MR) is 71.7 cm³/mol. The van der Waals surface area contributed by atoms with Crippen LogP contribution in [-0.4, -0.2) is 30.8 Å². The van der Waals surface area contributed by atoms with Crippen LogP contribution in [0.5, 0.6) is 0 Å². The van der Waals surface area contributed by atoms with E-state index in [4.69, 9.17) is 11.6 Å². The van der Waals surface area contributed by atoms with E-state index < -0.39 is 0 Å². The second-order valence-corrected chi connectivity index (χ2v) is 4.28. The average molecular weight is 287 g/mol. The molecule has 0 radical (unpaired) electrons. The maximum Gasteiger partial charge on any atom is 0.251 e. The van der Waals surface area contributed by atoms with Gasteiger partial charge in [0.2, 0.25) is 5.91 Å². The van der Waals surface area contributed by atoms with E-state index in [1.807, 2.05) is 0 Å². The largest absolute Gasteiger partial charge is 0.354 e. The molecule has 1 aromatic carbocycles. The summed E-state index contributed by atoms with van der Waals surface area (Å²) in [6.07, 6.45) is 1.02. The van der Waals surface area contributed by atoms with Crippen LogP contribution >= 0.6 is 11.6 Å². The molecular formula is C13H16ClFN2O2. The van der Waals surface area contributed by atoms with Crippen molar-refractivity contribution in [2.45, 2.75) is 12.8 Å².